The van der Waals surface area contributed by atoms with Crippen molar-refractivity contribution in [2.45, 2.75) is 0 Å². The second-order valence-corrected chi connectivity index (χ2v) is 6.22. The van der Waals surface area contributed by atoms with E-state index < -0.39 is 11.5 Å². The summed E-state index contributed by atoms with van der Waals surface area (Å²) in [7, 11) is 1.55. The Kier molecular flexibility index (Phi) is 4.64. The number of para-hydroxylation sites is 1. The second-order valence-electron chi connectivity index (χ2n) is 6.22. The Morgan fingerprint density at radius 3 is 2.46 bits per heavy atom. The van der Waals surface area contributed by atoms with Gasteiger partial charge in [-0.2, -0.15) is 0 Å². The Balaban J connectivity index is 1.72. The summed E-state index contributed by atoms with van der Waals surface area (Å²) in [5.41, 5.74) is 2.09. The van der Waals surface area contributed by atoms with Crippen LogP contribution in [0.15, 0.2) is 88.1 Å². The molecule has 0 aliphatic rings. The number of nitrogens with one attached hydrogen (secondary N) is 1. The highest BCUT2D eigenvalue weighted by atomic mass is 16.5. The predicted octanol–water partition coefficient (Wildman–Crippen LogP) is 4.72. The van der Waals surface area contributed by atoms with Crippen LogP contribution in [0.4, 0.5) is 5.69 Å². The summed E-state index contributed by atoms with van der Waals surface area (Å²) in [4.78, 5) is 25.1. The van der Waals surface area contributed by atoms with E-state index in [-0.39, 0.29) is 5.56 Å². The van der Waals surface area contributed by atoms with Gasteiger partial charge in [-0.3, -0.25) is 4.79 Å². The van der Waals surface area contributed by atoms with Crippen molar-refractivity contribution in [3.8, 4) is 16.9 Å². The largest absolute Gasteiger partial charge is 0.497 e. The summed E-state index contributed by atoms with van der Waals surface area (Å²) in [5, 5.41) is 3.44. The number of rotatable bonds is 4. The van der Waals surface area contributed by atoms with E-state index in [4.69, 9.17) is 9.15 Å². The predicted molar refractivity (Wildman–Crippen MR) is 109 cm³/mol. The fourth-order valence-electron chi connectivity index (χ4n) is 3.04. The summed E-state index contributed by atoms with van der Waals surface area (Å²) in [6, 6.07) is 23.7. The number of carbonyl (C=O) groups excluding carboxylic acids is 1. The van der Waals surface area contributed by atoms with Crippen LogP contribution < -0.4 is 15.7 Å². The average Bonchev–Trinajstić information content (AvgIpc) is 2.74. The van der Waals surface area contributed by atoms with Gasteiger partial charge in [0, 0.05) is 16.6 Å². The van der Waals surface area contributed by atoms with Crippen molar-refractivity contribution in [1.29, 1.82) is 0 Å². The molecule has 5 heteroatoms. The SMILES string of the molecule is COc1ccc2oc(=O)c(C(=O)Nc3ccccc3-c3ccccc3)cc2c1. The topological polar surface area (TPSA) is 68.5 Å². The summed E-state index contributed by atoms with van der Waals surface area (Å²) >= 11 is 0. The van der Waals surface area contributed by atoms with Crippen molar-refractivity contribution < 1.29 is 13.9 Å². The summed E-state index contributed by atoms with van der Waals surface area (Å²) in [6.07, 6.45) is 0. The first-order valence-corrected chi connectivity index (χ1v) is 8.73. The Morgan fingerprint density at radius 1 is 0.929 bits per heavy atom. The first-order chi connectivity index (χ1) is 13.7. The number of amides is 1. The average molecular weight is 371 g/mol. The van der Waals surface area contributed by atoms with Gasteiger partial charge in [0.15, 0.2) is 0 Å². The number of fused-ring (bicyclic) bond motifs is 1. The smallest absolute Gasteiger partial charge is 0.349 e. The number of benzene rings is 3. The molecule has 4 aromatic rings. The molecule has 0 bridgehead atoms. The Morgan fingerprint density at radius 2 is 1.68 bits per heavy atom. The van der Waals surface area contributed by atoms with Crippen molar-refractivity contribution in [1.82, 2.24) is 0 Å². The highest BCUT2D eigenvalue weighted by Crippen LogP contribution is 2.28. The van der Waals surface area contributed by atoms with Gasteiger partial charge in [-0.05, 0) is 35.9 Å². The third-order valence-electron chi connectivity index (χ3n) is 4.44. The second kappa shape index (κ2) is 7.40. The molecule has 0 unspecified atom stereocenters. The Labute approximate surface area is 161 Å². The lowest BCUT2D eigenvalue weighted by Crippen LogP contribution is -2.21. The molecule has 0 spiro atoms. The molecule has 4 rings (SSSR count). The van der Waals surface area contributed by atoms with Gasteiger partial charge in [0.05, 0.1) is 7.11 Å². The minimum atomic E-state index is -0.688. The molecule has 3 aromatic carbocycles. The lowest BCUT2D eigenvalue weighted by atomic mass is 10.0. The van der Waals surface area contributed by atoms with Gasteiger partial charge >= 0.3 is 5.63 Å². The van der Waals surface area contributed by atoms with Crippen molar-refractivity contribution in [2.75, 3.05) is 12.4 Å². The molecule has 1 heterocycles. The molecule has 138 valence electrons. The highest BCUT2D eigenvalue weighted by Gasteiger charge is 2.16. The lowest BCUT2D eigenvalue weighted by Gasteiger charge is -2.11. The zero-order valence-corrected chi connectivity index (χ0v) is 15.1. The standard InChI is InChI=1S/C23H17NO4/c1-27-17-11-12-21-16(13-17)14-19(23(26)28-21)22(25)24-20-10-6-5-9-18(20)15-7-3-2-4-8-15/h2-14H,1H3,(H,24,25). The number of anilines is 1. The van der Waals surface area contributed by atoms with E-state index >= 15 is 0 Å². The highest BCUT2D eigenvalue weighted by molar-refractivity contribution is 6.07. The van der Waals surface area contributed by atoms with Crippen LogP contribution in [0.1, 0.15) is 10.4 Å². The minimum Gasteiger partial charge on any atom is -0.497 e. The van der Waals surface area contributed by atoms with Crippen molar-refractivity contribution in [3.63, 3.8) is 0 Å². The van der Waals surface area contributed by atoms with Crippen LogP contribution in [0.2, 0.25) is 0 Å². The zero-order valence-electron chi connectivity index (χ0n) is 15.1. The first-order valence-electron chi connectivity index (χ1n) is 8.73. The molecule has 0 fully saturated rings. The molecule has 0 atom stereocenters. The van der Waals surface area contributed by atoms with E-state index in [9.17, 15) is 9.59 Å². The number of hydrogen-bond donors (Lipinski definition) is 1. The van der Waals surface area contributed by atoms with Crippen molar-refractivity contribution >= 4 is 22.6 Å². The molecule has 5 nitrogen and oxygen atoms in total. The first kappa shape index (κ1) is 17.5. The van der Waals surface area contributed by atoms with Crippen LogP contribution in [0.3, 0.4) is 0 Å². The maximum atomic E-state index is 12.8. The van der Waals surface area contributed by atoms with Crippen LogP contribution in [0.5, 0.6) is 5.75 Å². The third-order valence-corrected chi connectivity index (χ3v) is 4.44. The monoisotopic (exact) mass is 371 g/mol. The maximum Gasteiger partial charge on any atom is 0.349 e. The van der Waals surface area contributed by atoms with Crippen LogP contribution in [-0.4, -0.2) is 13.0 Å². The summed E-state index contributed by atoms with van der Waals surface area (Å²) < 4.78 is 10.5. The Bertz CT molecular complexity index is 1210. The van der Waals surface area contributed by atoms with Gasteiger partial charge in [0.1, 0.15) is 16.9 Å². The van der Waals surface area contributed by atoms with E-state index in [1.54, 1.807) is 31.4 Å². The van der Waals surface area contributed by atoms with Crippen LogP contribution in [0.25, 0.3) is 22.1 Å². The maximum absolute atomic E-state index is 12.8. The zero-order chi connectivity index (χ0) is 19.5. The molecule has 0 aliphatic heterocycles. The van der Waals surface area contributed by atoms with E-state index in [0.717, 1.165) is 11.1 Å². The van der Waals surface area contributed by atoms with E-state index in [1.165, 1.54) is 6.07 Å². The molecule has 28 heavy (non-hydrogen) atoms. The fraction of sp³-hybridized carbons (Fsp3) is 0.0435. The van der Waals surface area contributed by atoms with Gasteiger partial charge < -0.3 is 14.5 Å². The molecule has 0 saturated carbocycles. The number of ether oxygens (including phenoxy) is 1. The molecule has 0 saturated heterocycles. The van der Waals surface area contributed by atoms with Crippen LogP contribution in [0, 0.1) is 0 Å². The molecular weight excluding hydrogens is 354 g/mol. The fourth-order valence-corrected chi connectivity index (χ4v) is 3.04. The van der Waals surface area contributed by atoms with Crippen LogP contribution in [-0.2, 0) is 0 Å². The van der Waals surface area contributed by atoms with E-state index in [2.05, 4.69) is 5.32 Å². The number of methoxy groups -OCH3 is 1. The van der Waals surface area contributed by atoms with E-state index in [0.29, 0.717) is 22.4 Å². The quantitative estimate of drug-likeness (QED) is 0.527. The van der Waals surface area contributed by atoms with Crippen molar-refractivity contribution in [3.05, 3.63) is 94.8 Å². The molecule has 1 amide bonds. The number of carbonyl (C=O) groups is 1. The third kappa shape index (κ3) is 3.38. The van der Waals surface area contributed by atoms with Crippen molar-refractivity contribution in [2.24, 2.45) is 0 Å². The van der Waals surface area contributed by atoms with E-state index in [1.807, 2.05) is 48.5 Å². The molecule has 1 N–H and O–H groups in total. The van der Waals surface area contributed by atoms with Gasteiger partial charge in [0.25, 0.3) is 5.91 Å². The van der Waals surface area contributed by atoms with Gasteiger partial charge in [-0.15, -0.1) is 0 Å². The Hall–Kier alpha value is -3.86. The van der Waals surface area contributed by atoms with Gasteiger partial charge in [-0.1, -0.05) is 48.5 Å². The molecule has 0 radical (unpaired) electrons. The summed E-state index contributed by atoms with van der Waals surface area (Å²) in [6.45, 7) is 0. The van der Waals surface area contributed by atoms with Gasteiger partial charge in [0.2, 0.25) is 0 Å². The molecule has 0 aliphatic carbocycles. The number of hydrogen-bond acceptors (Lipinski definition) is 4. The normalized spacial score (nSPS) is 10.6. The van der Waals surface area contributed by atoms with Gasteiger partial charge in [-0.25, -0.2) is 4.79 Å². The minimum absolute atomic E-state index is 0.0661. The lowest BCUT2D eigenvalue weighted by molar-refractivity contribution is 0.102. The molecular formula is C23H17NO4. The van der Waals surface area contributed by atoms with Crippen LogP contribution >= 0.6 is 0 Å². The molecule has 1 aromatic heterocycles. The summed E-state index contributed by atoms with van der Waals surface area (Å²) in [5.74, 6) is 0.0870.